The number of likely N-dealkylation sites (tertiary alicyclic amines) is 1. The lowest BCUT2D eigenvalue weighted by Crippen LogP contribution is -2.35. The second-order valence-corrected chi connectivity index (χ2v) is 8.72. The van der Waals surface area contributed by atoms with Crippen molar-refractivity contribution >= 4 is 17.4 Å². The highest BCUT2D eigenvalue weighted by molar-refractivity contribution is 6.46. The van der Waals surface area contributed by atoms with Crippen LogP contribution in [0.5, 0.6) is 11.5 Å². The van der Waals surface area contributed by atoms with E-state index in [1.54, 1.807) is 12.1 Å². The molecule has 0 aliphatic carbocycles. The fourth-order valence-electron chi connectivity index (χ4n) is 4.46. The molecule has 2 atom stereocenters. The monoisotopic (exact) mass is 450 g/mol. The first-order chi connectivity index (χ1) is 15.8. The summed E-state index contributed by atoms with van der Waals surface area (Å²) in [5.74, 6) is -0.118. The van der Waals surface area contributed by atoms with Gasteiger partial charge in [-0.25, -0.2) is 0 Å². The van der Waals surface area contributed by atoms with Crippen molar-refractivity contribution in [1.29, 1.82) is 0 Å². The number of benzene rings is 2. The summed E-state index contributed by atoms with van der Waals surface area (Å²) in [6.07, 6.45) is 0.789. The molecule has 7 nitrogen and oxygen atoms in total. The van der Waals surface area contributed by atoms with Crippen molar-refractivity contribution in [2.75, 3.05) is 33.8 Å². The minimum absolute atomic E-state index is 0.0621. The van der Waals surface area contributed by atoms with E-state index in [0.717, 1.165) is 17.7 Å². The predicted octanol–water partition coefficient (Wildman–Crippen LogP) is 3.39. The smallest absolute Gasteiger partial charge is 0.295 e. The summed E-state index contributed by atoms with van der Waals surface area (Å²) in [6, 6.07) is 12.0. The average molecular weight is 451 g/mol. The molecule has 1 amide bonds. The molecule has 174 valence electrons. The lowest BCUT2D eigenvalue weighted by molar-refractivity contribution is -0.140. The molecule has 2 aromatic rings. The number of aliphatic hydroxyl groups excluding tert-OH is 1. The Hall–Kier alpha value is -3.32. The van der Waals surface area contributed by atoms with Crippen molar-refractivity contribution in [3.05, 3.63) is 64.7 Å². The molecule has 1 saturated heterocycles. The van der Waals surface area contributed by atoms with Gasteiger partial charge in [-0.05, 0) is 57.8 Å². The number of fused-ring (bicyclic) bond motifs is 1. The maximum Gasteiger partial charge on any atom is 0.295 e. The Kier molecular flexibility index (Phi) is 6.42. The van der Waals surface area contributed by atoms with Crippen LogP contribution in [0.15, 0.2) is 48.0 Å². The highest BCUT2D eigenvalue weighted by Gasteiger charge is 2.47. The van der Waals surface area contributed by atoms with Crippen molar-refractivity contribution in [2.24, 2.45) is 0 Å². The molecule has 4 rings (SSSR count). The summed E-state index contributed by atoms with van der Waals surface area (Å²) in [5.41, 5.74) is 2.23. The van der Waals surface area contributed by atoms with Crippen molar-refractivity contribution in [1.82, 2.24) is 9.80 Å². The van der Waals surface area contributed by atoms with Gasteiger partial charge in [0.25, 0.3) is 11.7 Å². The standard InChI is InChI=1S/C26H30N2O5/c1-5-32-21-9-7-6-8-19(21)23-22(25(30)26(31)28(23)13-12-27(3)4)24(29)17-10-11-20-18(15-17)14-16(2)33-20/h6-11,15-16,23,29H,5,12-14H2,1-4H3/b24-22+. The molecular formula is C26H30N2O5. The van der Waals surface area contributed by atoms with Crippen LogP contribution in [0.3, 0.4) is 0 Å². The van der Waals surface area contributed by atoms with Crippen LogP contribution in [0.4, 0.5) is 0 Å². The Morgan fingerprint density at radius 2 is 1.97 bits per heavy atom. The first-order valence-corrected chi connectivity index (χ1v) is 11.3. The summed E-state index contributed by atoms with van der Waals surface area (Å²) in [6.45, 7) is 5.23. The van der Waals surface area contributed by atoms with Crippen LogP contribution in [-0.4, -0.2) is 66.5 Å². The first-order valence-electron chi connectivity index (χ1n) is 11.3. The van der Waals surface area contributed by atoms with Gasteiger partial charge < -0.3 is 24.4 Å². The third-order valence-electron chi connectivity index (χ3n) is 6.01. The molecule has 1 fully saturated rings. The van der Waals surface area contributed by atoms with Crippen molar-refractivity contribution in [3.8, 4) is 11.5 Å². The molecule has 7 heteroatoms. The number of ether oxygens (including phenoxy) is 2. The Labute approximate surface area is 194 Å². The molecule has 0 aromatic heterocycles. The summed E-state index contributed by atoms with van der Waals surface area (Å²) in [7, 11) is 3.82. The zero-order valence-electron chi connectivity index (χ0n) is 19.5. The van der Waals surface area contributed by atoms with Gasteiger partial charge in [0, 0.05) is 30.6 Å². The molecule has 1 N–H and O–H groups in total. The van der Waals surface area contributed by atoms with E-state index in [2.05, 4.69) is 0 Å². The summed E-state index contributed by atoms with van der Waals surface area (Å²) < 4.78 is 11.6. The van der Waals surface area contributed by atoms with Gasteiger partial charge in [0.05, 0.1) is 18.2 Å². The molecular weight excluding hydrogens is 420 g/mol. The fourth-order valence-corrected chi connectivity index (χ4v) is 4.46. The van der Waals surface area contributed by atoms with Crippen LogP contribution < -0.4 is 9.47 Å². The second kappa shape index (κ2) is 9.27. The van der Waals surface area contributed by atoms with Crippen LogP contribution in [-0.2, 0) is 16.0 Å². The topological polar surface area (TPSA) is 79.3 Å². The van der Waals surface area contributed by atoms with Gasteiger partial charge in [0.15, 0.2) is 0 Å². The summed E-state index contributed by atoms with van der Waals surface area (Å²) in [5, 5.41) is 11.3. The maximum absolute atomic E-state index is 13.2. The van der Waals surface area contributed by atoms with Gasteiger partial charge >= 0.3 is 0 Å². The molecule has 0 saturated carbocycles. The van der Waals surface area contributed by atoms with Crippen LogP contribution >= 0.6 is 0 Å². The molecule has 2 heterocycles. The SMILES string of the molecule is CCOc1ccccc1C1/C(=C(\O)c2ccc3c(c2)CC(C)O3)C(=O)C(=O)N1CCN(C)C. The lowest BCUT2D eigenvalue weighted by atomic mass is 9.94. The highest BCUT2D eigenvalue weighted by Crippen LogP contribution is 2.43. The first kappa shape index (κ1) is 22.9. The minimum Gasteiger partial charge on any atom is -0.507 e. The number of hydrogen-bond acceptors (Lipinski definition) is 6. The number of hydrogen-bond donors (Lipinski definition) is 1. The number of likely N-dealkylation sites (N-methyl/N-ethyl adjacent to an activating group) is 1. The number of amides is 1. The largest absolute Gasteiger partial charge is 0.507 e. The molecule has 0 spiro atoms. The van der Waals surface area contributed by atoms with Gasteiger partial charge in [0.1, 0.15) is 23.4 Å². The number of carbonyl (C=O) groups is 2. The maximum atomic E-state index is 13.2. The van der Waals surface area contributed by atoms with Crippen LogP contribution in [0.1, 0.15) is 36.6 Å². The number of ketones is 1. The fraction of sp³-hybridized carbons (Fsp3) is 0.385. The molecule has 2 unspecified atom stereocenters. The Morgan fingerprint density at radius 3 is 2.70 bits per heavy atom. The van der Waals surface area contributed by atoms with Gasteiger partial charge in [-0.1, -0.05) is 18.2 Å². The third-order valence-corrected chi connectivity index (χ3v) is 6.01. The van der Waals surface area contributed by atoms with Gasteiger partial charge in [0.2, 0.25) is 0 Å². The Morgan fingerprint density at radius 1 is 1.21 bits per heavy atom. The number of nitrogens with zero attached hydrogens (tertiary/aromatic N) is 2. The number of para-hydroxylation sites is 1. The lowest BCUT2D eigenvalue weighted by Gasteiger charge is -2.27. The zero-order valence-corrected chi connectivity index (χ0v) is 19.5. The quantitative estimate of drug-likeness (QED) is 0.396. The summed E-state index contributed by atoms with van der Waals surface area (Å²) >= 11 is 0. The number of Topliss-reactive ketones (excluding diaryl/α,β-unsaturated/α-hetero) is 1. The normalized spacial score (nSPS) is 21.4. The number of aliphatic hydroxyl groups is 1. The predicted molar refractivity (Wildman–Crippen MR) is 125 cm³/mol. The van der Waals surface area contributed by atoms with Crippen LogP contribution in [0.2, 0.25) is 0 Å². The Balaban J connectivity index is 1.85. The van der Waals surface area contributed by atoms with Gasteiger partial charge in [-0.3, -0.25) is 9.59 Å². The average Bonchev–Trinajstić information content (AvgIpc) is 3.28. The van der Waals surface area contributed by atoms with E-state index >= 15 is 0 Å². The highest BCUT2D eigenvalue weighted by atomic mass is 16.5. The van der Waals surface area contributed by atoms with E-state index in [-0.39, 0.29) is 17.4 Å². The molecule has 2 aliphatic heterocycles. The van der Waals surface area contributed by atoms with Crippen molar-refractivity contribution in [3.63, 3.8) is 0 Å². The molecule has 33 heavy (non-hydrogen) atoms. The van der Waals surface area contributed by atoms with Crippen LogP contribution in [0, 0.1) is 0 Å². The minimum atomic E-state index is -0.740. The zero-order chi connectivity index (χ0) is 23.7. The van der Waals surface area contributed by atoms with E-state index in [0.29, 0.717) is 36.6 Å². The second-order valence-electron chi connectivity index (χ2n) is 8.72. The third kappa shape index (κ3) is 4.33. The van der Waals surface area contributed by atoms with E-state index in [9.17, 15) is 14.7 Å². The van der Waals surface area contributed by atoms with E-state index in [1.165, 1.54) is 4.90 Å². The van der Waals surface area contributed by atoms with E-state index < -0.39 is 17.7 Å². The van der Waals surface area contributed by atoms with Crippen molar-refractivity contribution < 1.29 is 24.2 Å². The summed E-state index contributed by atoms with van der Waals surface area (Å²) in [4.78, 5) is 29.8. The molecule has 2 aliphatic rings. The van der Waals surface area contributed by atoms with E-state index in [4.69, 9.17) is 9.47 Å². The van der Waals surface area contributed by atoms with Crippen molar-refractivity contribution in [2.45, 2.75) is 32.4 Å². The van der Waals surface area contributed by atoms with Gasteiger partial charge in [-0.2, -0.15) is 0 Å². The number of rotatable bonds is 7. The molecule has 0 radical (unpaired) electrons. The molecule has 2 aromatic carbocycles. The molecule has 0 bridgehead atoms. The Bertz CT molecular complexity index is 1110. The van der Waals surface area contributed by atoms with Gasteiger partial charge in [-0.15, -0.1) is 0 Å². The van der Waals surface area contributed by atoms with E-state index in [1.807, 2.05) is 63.2 Å². The number of carbonyl (C=O) groups excluding carboxylic acids is 2. The van der Waals surface area contributed by atoms with Crippen LogP contribution in [0.25, 0.3) is 5.76 Å².